The Bertz CT molecular complexity index is 717. The van der Waals surface area contributed by atoms with E-state index in [-0.39, 0.29) is 9.96 Å². The molecule has 6 heteroatoms. The van der Waals surface area contributed by atoms with Crippen LogP contribution in [-0.2, 0) is 10.0 Å². The van der Waals surface area contributed by atoms with Crippen molar-refractivity contribution in [2.75, 3.05) is 4.72 Å². The van der Waals surface area contributed by atoms with Crippen LogP contribution in [0.2, 0.25) is 0 Å². The molecule has 19 heavy (non-hydrogen) atoms. The molecule has 0 spiro atoms. The van der Waals surface area contributed by atoms with Crippen molar-refractivity contribution in [3.63, 3.8) is 0 Å². The fourth-order valence-corrected chi connectivity index (χ4v) is 4.07. The number of hydrogen-bond acceptors (Lipinski definition) is 4. The molecule has 4 nitrogen and oxygen atoms in total. The van der Waals surface area contributed by atoms with E-state index in [0.29, 0.717) is 16.8 Å². The van der Waals surface area contributed by atoms with Gasteiger partial charge in [-0.3, -0.25) is 4.72 Å². The van der Waals surface area contributed by atoms with Gasteiger partial charge in [-0.2, -0.15) is 0 Å². The molecule has 0 aliphatic rings. The molecular formula is C13H15NO3S2. The molecule has 1 heterocycles. The number of thiophene rings is 1. The Morgan fingerprint density at radius 1 is 1.11 bits per heavy atom. The number of hydrogen-bond donors (Lipinski definition) is 2. The number of benzene rings is 1. The highest BCUT2D eigenvalue weighted by atomic mass is 32.2. The van der Waals surface area contributed by atoms with Crippen LogP contribution >= 0.6 is 11.3 Å². The van der Waals surface area contributed by atoms with Gasteiger partial charge in [-0.25, -0.2) is 8.42 Å². The van der Waals surface area contributed by atoms with Gasteiger partial charge in [0.15, 0.2) is 0 Å². The summed E-state index contributed by atoms with van der Waals surface area (Å²) in [5.74, 6) is 0.160. The van der Waals surface area contributed by atoms with Gasteiger partial charge < -0.3 is 5.11 Å². The normalized spacial score (nSPS) is 11.5. The second-order valence-corrected chi connectivity index (χ2v) is 7.62. The highest BCUT2D eigenvalue weighted by molar-refractivity contribution is 7.94. The predicted molar refractivity (Wildman–Crippen MR) is 77.4 cm³/mol. The lowest BCUT2D eigenvalue weighted by Crippen LogP contribution is -2.12. The third-order valence-corrected chi connectivity index (χ3v) is 5.63. The Kier molecular flexibility index (Phi) is 3.56. The minimum Gasteiger partial charge on any atom is -0.508 e. The van der Waals surface area contributed by atoms with E-state index in [1.165, 1.54) is 11.3 Å². The van der Waals surface area contributed by atoms with Crippen LogP contribution in [0.1, 0.15) is 16.0 Å². The Morgan fingerprint density at radius 3 is 2.37 bits per heavy atom. The summed E-state index contributed by atoms with van der Waals surface area (Å²) in [5.41, 5.74) is 1.80. The maximum Gasteiger partial charge on any atom is 0.271 e. The second-order valence-electron chi connectivity index (χ2n) is 4.42. The van der Waals surface area contributed by atoms with E-state index in [4.69, 9.17) is 0 Å². The van der Waals surface area contributed by atoms with Gasteiger partial charge in [-0.05, 0) is 56.2 Å². The standard InChI is InChI=1S/C13H15NO3S2/c1-8-7-12(15)9(2)6-11(8)14-19(16,17)13-5-4-10(3)18-13/h4-7,14-15H,1-3H3. The smallest absolute Gasteiger partial charge is 0.271 e. The highest BCUT2D eigenvalue weighted by Crippen LogP contribution is 2.28. The Hall–Kier alpha value is -1.53. The third-order valence-electron chi connectivity index (χ3n) is 2.77. The van der Waals surface area contributed by atoms with Gasteiger partial charge in [0, 0.05) is 4.88 Å². The molecule has 0 atom stereocenters. The van der Waals surface area contributed by atoms with Gasteiger partial charge in [-0.15, -0.1) is 11.3 Å². The van der Waals surface area contributed by atoms with E-state index in [1.54, 1.807) is 38.1 Å². The Labute approximate surface area is 116 Å². The molecular weight excluding hydrogens is 282 g/mol. The molecule has 0 saturated carbocycles. The van der Waals surface area contributed by atoms with Crippen molar-refractivity contribution in [2.45, 2.75) is 25.0 Å². The van der Waals surface area contributed by atoms with Crippen LogP contribution in [0.15, 0.2) is 28.5 Å². The highest BCUT2D eigenvalue weighted by Gasteiger charge is 2.17. The molecule has 2 aromatic rings. The van der Waals surface area contributed by atoms with Crippen LogP contribution in [-0.4, -0.2) is 13.5 Å². The molecule has 0 fully saturated rings. The number of phenols is 1. The van der Waals surface area contributed by atoms with Gasteiger partial charge in [-0.1, -0.05) is 0 Å². The molecule has 2 N–H and O–H groups in total. The first kappa shape index (κ1) is 13.9. The van der Waals surface area contributed by atoms with Crippen molar-refractivity contribution in [3.05, 3.63) is 40.3 Å². The summed E-state index contributed by atoms with van der Waals surface area (Å²) in [6.45, 7) is 5.33. The van der Waals surface area contributed by atoms with Crippen molar-refractivity contribution < 1.29 is 13.5 Å². The fourth-order valence-electron chi connectivity index (χ4n) is 1.66. The maximum absolute atomic E-state index is 12.2. The number of phenolic OH excluding ortho intramolecular Hbond substituents is 1. The van der Waals surface area contributed by atoms with Crippen molar-refractivity contribution in [1.82, 2.24) is 0 Å². The number of sulfonamides is 1. The van der Waals surface area contributed by atoms with E-state index in [9.17, 15) is 13.5 Å². The van der Waals surface area contributed by atoms with Gasteiger partial charge in [0.25, 0.3) is 10.0 Å². The van der Waals surface area contributed by atoms with Crippen LogP contribution in [0.4, 0.5) is 5.69 Å². The molecule has 0 amide bonds. The molecule has 1 aromatic carbocycles. The zero-order valence-corrected chi connectivity index (χ0v) is 12.5. The number of aromatic hydroxyl groups is 1. The summed E-state index contributed by atoms with van der Waals surface area (Å²) in [5, 5.41) is 9.57. The first-order valence-corrected chi connectivity index (χ1v) is 7.99. The zero-order chi connectivity index (χ0) is 14.2. The lowest BCUT2D eigenvalue weighted by molar-refractivity contribution is 0.471. The predicted octanol–water partition coefficient (Wildman–Crippen LogP) is 3.18. The zero-order valence-electron chi connectivity index (χ0n) is 10.9. The minimum absolute atomic E-state index is 0.160. The van der Waals surface area contributed by atoms with Gasteiger partial charge >= 0.3 is 0 Å². The van der Waals surface area contributed by atoms with Crippen molar-refractivity contribution in [1.29, 1.82) is 0 Å². The summed E-state index contributed by atoms with van der Waals surface area (Å²) in [7, 11) is -3.56. The summed E-state index contributed by atoms with van der Waals surface area (Å²) >= 11 is 1.23. The van der Waals surface area contributed by atoms with Gasteiger partial charge in [0.2, 0.25) is 0 Å². The van der Waals surface area contributed by atoms with Crippen LogP contribution in [0.3, 0.4) is 0 Å². The summed E-state index contributed by atoms with van der Waals surface area (Å²) in [4.78, 5) is 0.944. The van der Waals surface area contributed by atoms with Crippen LogP contribution in [0.5, 0.6) is 5.75 Å². The van der Waals surface area contributed by atoms with Crippen LogP contribution < -0.4 is 4.72 Å². The molecule has 2 rings (SSSR count). The van der Waals surface area contributed by atoms with Crippen LogP contribution in [0.25, 0.3) is 0 Å². The third kappa shape index (κ3) is 2.90. The first-order chi connectivity index (χ1) is 8.79. The minimum atomic E-state index is -3.56. The largest absolute Gasteiger partial charge is 0.508 e. The maximum atomic E-state index is 12.2. The van der Waals surface area contributed by atoms with Crippen molar-refractivity contribution in [2.24, 2.45) is 0 Å². The number of rotatable bonds is 3. The SMILES string of the molecule is Cc1ccc(S(=O)(=O)Nc2cc(C)c(O)cc2C)s1. The second kappa shape index (κ2) is 4.86. The molecule has 102 valence electrons. The van der Waals surface area contributed by atoms with Crippen molar-refractivity contribution >= 4 is 27.0 Å². The Morgan fingerprint density at radius 2 is 1.79 bits per heavy atom. The lowest BCUT2D eigenvalue weighted by Gasteiger charge is -2.11. The lowest BCUT2D eigenvalue weighted by atomic mass is 10.1. The van der Waals surface area contributed by atoms with E-state index in [1.807, 2.05) is 6.92 Å². The quantitative estimate of drug-likeness (QED) is 0.855. The van der Waals surface area contributed by atoms with Crippen molar-refractivity contribution in [3.8, 4) is 5.75 Å². The fraction of sp³-hybridized carbons (Fsp3) is 0.231. The molecule has 0 bridgehead atoms. The first-order valence-electron chi connectivity index (χ1n) is 5.69. The molecule has 1 aromatic heterocycles. The average molecular weight is 297 g/mol. The summed E-state index contributed by atoms with van der Waals surface area (Å²) in [6.07, 6.45) is 0. The number of nitrogens with one attached hydrogen (secondary N) is 1. The number of anilines is 1. The Balaban J connectivity index is 2.38. The van der Waals surface area contributed by atoms with E-state index in [2.05, 4.69) is 4.72 Å². The van der Waals surface area contributed by atoms with E-state index < -0.39 is 10.0 Å². The average Bonchev–Trinajstić information content (AvgIpc) is 2.73. The van der Waals surface area contributed by atoms with Gasteiger partial charge in [0.05, 0.1) is 5.69 Å². The molecule has 0 unspecified atom stereocenters. The monoisotopic (exact) mass is 297 g/mol. The molecule has 0 radical (unpaired) electrons. The summed E-state index contributed by atoms with van der Waals surface area (Å²) in [6, 6.07) is 6.54. The molecule has 0 saturated heterocycles. The summed E-state index contributed by atoms with van der Waals surface area (Å²) < 4.78 is 27.2. The van der Waals surface area contributed by atoms with Crippen LogP contribution in [0, 0.1) is 20.8 Å². The topological polar surface area (TPSA) is 66.4 Å². The molecule has 0 aliphatic heterocycles. The van der Waals surface area contributed by atoms with E-state index >= 15 is 0 Å². The number of aryl methyl sites for hydroxylation is 3. The van der Waals surface area contributed by atoms with E-state index in [0.717, 1.165) is 4.88 Å². The van der Waals surface area contributed by atoms with Gasteiger partial charge in [0.1, 0.15) is 9.96 Å². The molecule has 0 aliphatic carbocycles.